The van der Waals surface area contributed by atoms with Crippen LogP contribution in [-0.2, 0) is 22.7 Å². The highest BCUT2D eigenvalue weighted by Gasteiger charge is 2.36. The number of aromatic nitrogens is 3. The number of hydrogen-bond acceptors (Lipinski definition) is 6. The molecule has 4 rings (SSSR count). The molecule has 1 aromatic heterocycles. The van der Waals surface area contributed by atoms with E-state index in [1.807, 2.05) is 75.4 Å². The lowest BCUT2D eigenvalue weighted by Crippen LogP contribution is -2.49. The van der Waals surface area contributed by atoms with E-state index in [9.17, 15) is 9.59 Å². The predicted molar refractivity (Wildman–Crippen MR) is 145 cm³/mol. The minimum atomic E-state index is -1.01. The molecule has 9 heteroatoms. The maximum Gasteiger partial charge on any atom is 0.248 e. The van der Waals surface area contributed by atoms with Crippen LogP contribution in [0, 0.1) is 0 Å². The first-order valence-corrected chi connectivity index (χ1v) is 12.4. The first-order chi connectivity index (χ1) is 18.2. The van der Waals surface area contributed by atoms with Crippen molar-refractivity contribution in [2.45, 2.75) is 45.4 Å². The molecule has 4 aromatic rings. The largest absolute Gasteiger partial charge is 0.493 e. The minimum Gasteiger partial charge on any atom is -0.493 e. The molecule has 0 spiro atoms. The third kappa shape index (κ3) is 5.94. The van der Waals surface area contributed by atoms with Crippen molar-refractivity contribution < 1.29 is 19.1 Å². The van der Waals surface area contributed by atoms with Crippen molar-refractivity contribution in [3.63, 3.8) is 0 Å². The Kier molecular flexibility index (Phi) is 7.95. The van der Waals surface area contributed by atoms with Gasteiger partial charge in [0.2, 0.25) is 11.8 Å². The number of carbonyl (C=O) groups excluding carboxylic acids is 2. The first-order valence-electron chi connectivity index (χ1n) is 12.4. The molecule has 0 unspecified atom stereocenters. The molecular weight excluding hydrogens is 482 g/mol. The van der Waals surface area contributed by atoms with Gasteiger partial charge in [-0.25, -0.2) is 4.68 Å². The van der Waals surface area contributed by atoms with Gasteiger partial charge in [-0.15, -0.1) is 5.10 Å². The van der Waals surface area contributed by atoms with Crippen LogP contribution in [-0.4, -0.2) is 51.5 Å². The van der Waals surface area contributed by atoms with Crippen molar-refractivity contribution in [2.24, 2.45) is 0 Å². The van der Waals surface area contributed by atoms with Crippen molar-refractivity contribution in [3.05, 3.63) is 83.9 Å². The number of amides is 2. The second-order valence-corrected chi connectivity index (χ2v) is 9.97. The number of carbonyl (C=O) groups is 2. The molecule has 2 amide bonds. The van der Waals surface area contributed by atoms with Gasteiger partial charge in [-0.2, -0.15) is 0 Å². The van der Waals surface area contributed by atoms with Gasteiger partial charge in [0, 0.05) is 17.6 Å². The van der Waals surface area contributed by atoms with Crippen LogP contribution in [0.3, 0.4) is 0 Å². The standard InChI is InChI=1S/C29H33N5O4/c1-29(2,3)30-28(36)26(21-14-11-17-24(37-4)27(21)38-5)33(18-20-12-7-6-8-13-20)25(35)19-34-23-16-10-9-15-22(23)31-32-34/h6-17,26H,18-19H2,1-5H3,(H,30,36)/t26-/m1/s1. The van der Waals surface area contributed by atoms with Crippen LogP contribution in [0.2, 0.25) is 0 Å². The highest BCUT2D eigenvalue weighted by atomic mass is 16.5. The number of nitrogens with zero attached hydrogens (tertiary/aromatic N) is 4. The Morgan fingerprint density at radius 3 is 2.34 bits per heavy atom. The van der Waals surface area contributed by atoms with Crippen molar-refractivity contribution in [2.75, 3.05) is 14.2 Å². The zero-order chi connectivity index (χ0) is 27.3. The molecule has 3 aromatic carbocycles. The number of methoxy groups -OCH3 is 2. The Morgan fingerprint density at radius 1 is 0.947 bits per heavy atom. The van der Waals surface area contributed by atoms with Gasteiger partial charge in [0.1, 0.15) is 18.1 Å². The zero-order valence-electron chi connectivity index (χ0n) is 22.3. The van der Waals surface area contributed by atoms with E-state index in [0.717, 1.165) is 11.1 Å². The van der Waals surface area contributed by atoms with Crippen LogP contribution in [0.25, 0.3) is 11.0 Å². The summed E-state index contributed by atoms with van der Waals surface area (Å²) in [6.07, 6.45) is 0. The van der Waals surface area contributed by atoms with Crippen molar-refractivity contribution in [1.29, 1.82) is 0 Å². The minimum absolute atomic E-state index is 0.0983. The fraction of sp³-hybridized carbons (Fsp3) is 0.310. The van der Waals surface area contributed by atoms with Gasteiger partial charge in [0.25, 0.3) is 0 Å². The highest BCUT2D eigenvalue weighted by molar-refractivity contribution is 5.90. The molecule has 0 fully saturated rings. The fourth-order valence-electron chi connectivity index (χ4n) is 4.37. The average molecular weight is 516 g/mol. The van der Waals surface area contributed by atoms with Gasteiger partial charge >= 0.3 is 0 Å². The summed E-state index contributed by atoms with van der Waals surface area (Å²) < 4.78 is 12.8. The van der Waals surface area contributed by atoms with Crippen molar-refractivity contribution >= 4 is 22.8 Å². The molecular formula is C29H33N5O4. The molecule has 1 N–H and O–H groups in total. The second kappa shape index (κ2) is 11.3. The van der Waals surface area contributed by atoms with E-state index in [0.29, 0.717) is 22.6 Å². The van der Waals surface area contributed by atoms with Crippen LogP contribution < -0.4 is 14.8 Å². The lowest BCUT2D eigenvalue weighted by Gasteiger charge is -2.34. The third-order valence-corrected chi connectivity index (χ3v) is 6.01. The predicted octanol–water partition coefficient (Wildman–Crippen LogP) is 4.13. The Labute approximate surface area is 222 Å². The molecule has 0 bridgehead atoms. The Morgan fingerprint density at radius 2 is 1.66 bits per heavy atom. The number of hydrogen-bond donors (Lipinski definition) is 1. The topological polar surface area (TPSA) is 98.6 Å². The number of para-hydroxylation sites is 2. The maximum atomic E-state index is 14.1. The molecule has 1 atom stereocenters. The molecule has 0 aliphatic carbocycles. The summed E-state index contributed by atoms with van der Waals surface area (Å²) in [6.45, 7) is 5.79. The Bertz CT molecular complexity index is 1410. The van der Waals surface area contributed by atoms with Crippen LogP contribution in [0.1, 0.15) is 37.9 Å². The lowest BCUT2D eigenvalue weighted by atomic mass is 9.99. The van der Waals surface area contributed by atoms with Crippen LogP contribution in [0.5, 0.6) is 11.5 Å². The quantitative estimate of drug-likeness (QED) is 0.360. The van der Waals surface area contributed by atoms with E-state index in [1.165, 1.54) is 14.2 Å². The van der Waals surface area contributed by atoms with Crippen molar-refractivity contribution in [3.8, 4) is 11.5 Å². The van der Waals surface area contributed by atoms with E-state index in [1.54, 1.807) is 27.8 Å². The Hall–Kier alpha value is -4.40. The smallest absolute Gasteiger partial charge is 0.248 e. The first kappa shape index (κ1) is 26.7. The molecule has 38 heavy (non-hydrogen) atoms. The second-order valence-electron chi connectivity index (χ2n) is 9.97. The summed E-state index contributed by atoms with van der Waals surface area (Å²) in [4.78, 5) is 29.6. The molecule has 1 heterocycles. The van der Waals surface area contributed by atoms with Gasteiger partial charge in [0.05, 0.1) is 19.7 Å². The van der Waals surface area contributed by atoms with Crippen molar-refractivity contribution in [1.82, 2.24) is 25.2 Å². The van der Waals surface area contributed by atoms with E-state index < -0.39 is 11.6 Å². The summed E-state index contributed by atoms with van der Waals surface area (Å²) in [5.41, 5.74) is 2.27. The number of fused-ring (bicyclic) bond motifs is 1. The summed E-state index contributed by atoms with van der Waals surface area (Å²) in [7, 11) is 3.06. The average Bonchev–Trinajstić information content (AvgIpc) is 3.30. The van der Waals surface area contributed by atoms with E-state index in [4.69, 9.17) is 9.47 Å². The van der Waals surface area contributed by atoms with Gasteiger partial charge in [0.15, 0.2) is 11.5 Å². The monoisotopic (exact) mass is 515 g/mol. The fourth-order valence-corrected chi connectivity index (χ4v) is 4.37. The third-order valence-electron chi connectivity index (χ3n) is 6.01. The van der Waals surface area contributed by atoms with E-state index >= 15 is 0 Å². The highest BCUT2D eigenvalue weighted by Crippen LogP contribution is 2.38. The summed E-state index contributed by atoms with van der Waals surface area (Å²) in [5.74, 6) is 0.217. The van der Waals surface area contributed by atoms with Gasteiger partial charge < -0.3 is 19.7 Å². The Balaban J connectivity index is 1.84. The van der Waals surface area contributed by atoms with Crippen LogP contribution in [0.15, 0.2) is 72.8 Å². The molecule has 0 saturated carbocycles. The zero-order valence-corrected chi connectivity index (χ0v) is 22.3. The normalized spacial score (nSPS) is 12.1. The molecule has 0 saturated heterocycles. The summed E-state index contributed by atoms with van der Waals surface area (Å²) in [6, 6.07) is 21.3. The number of ether oxygens (including phenoxy) is 2. The van der Waals surface area contributed by atoms with E-state index in [-0.39, 0.29) is 24.9 Å². The number of rotatable bonds is 9. The van der Waals surface area contributed by atoms with Crippen LogP contribution >= 0.6 is 0 Å². The van der Waals surface area contributed by atoms with E-state index in [2.05, 4.69) is 15.6 Å². The van der Waals surface area contributed by atoms with Gasteiger partial charge in [-0.3, -0.25) is 9.59 Å². The SMILES string of the molecule is COc1cccc([C@H](C(=O)NC(C)(C)C)N(Cc2ccccc2)C(=O)Cn2nnc3ccccc32)c1OC. The molecule has 198 valence electrons. The van der Waals surface area contributed by atoms with Gasteiger partial charge in [-0.05, 0) is 44.5 Å². The van der Waals surface area contributed by atoms with Gasteiger partial charge in [-0.1, -0.05) is 59.8 Å². The molecule has 0 aliphatic heterocycles. The summed E-state index contributed by atoms with van der Waals surface area (Å²) in [5, 5.41) is 11.4. The molecule has 0 aliphatic rings. The van der Waals surface area contributed by atoms with Crippen LogP contribution in [0.4, 0.5) is 0 Å². The molecule has 9 nitrogen and oxygen atoms in total. The summed E-state index contributed by atoms with van der Waals surface area (Å²) >= 11 is 0. The lowest BCUT2D eigenvalue weighted by molar-refractivity contribution is -0.142. The number of nitrogens with one attached hydrogen (secondary N) is 1. The molecule has 0 radical (unpaired) electrons. The number of benzene rings is 3. The maximum absolute atomic E-state index is 14.1.